The standard InChI is InChI=1S/C16H20N4S/c1-11-9-14(20-16-18-4-3-5-19-16)12(2)8-13(11)10-15-17-6-7-21-15/h6-9H,3-5,10H2,1-2H3,(H2,18,19,20). The lowest BCUT2D eigenvalue weighted by Gasteiger charge is -2.18. The average molecular weight is 300 g/mol. The van der Waals surface area contributed by atoms with E-state index in [0.29, 0.717) is 0 Å². The molecule has 4 nitrogen and oxygen atoms in total. The van der Waals surface area contributed by atoms with Crippen LogP contribution in [-0.4, -0.2) is 24.0 Å². The lowest BCUT2D eigenvalue weighted by Crippen LogP contribution is -2.35. The van der Waals surface area contributed by atoms with Gasteiger partial charge in [-0.2, -0.15) is 0 Å². The van der Waals surface area contributed by atoms with E-state index in [9.17, 15) is 0 Å². The summed E-state index contributed by atoms with van der Waals surface area (Å²) >= 11 is 1.71. The Morgan fingerprint density at radius 3 is 2.90 bits per heavy atom. The lowest BCUT2D eigenvalue weighted by molar-refractivity contribution is 0.740. The Bertz CT molecular complexity index is 647. The quantitative estimate of drug-likeness (QED) is 0.915. The first kappa shape index (κ1) is 14.1. The molecule has 0 radical (unpaired) electrons. The van der Waals surface area contributed by atoms with E-state index < -0.39 is 0 Å². The van der Waals surface area contributed by atoms with Crippen LogP contribution in [0.5, 0.6) is 0 Å². The van der Waals surface area contributed by atoms with Crippen LogP contribution >= 0.6 is 11.3 Å². The molecule has 0 amide bonds. The number of anilines is 1. The number of hydrogen-bond acceptors (Lipinski definition) is 5. The maximum absolute atomic E-state index is 4.46. The zero-order valence-corrected chi connectivity index (χ0v) is 13.3. The molecule has 0 bridgehead atoms. The van der Waals surface area contributed by atoms with E-state index in [1.165, 1.54) is 16.7 Å². The van der Waals surface area contributed by atoms with E-state index in [0.717, 1.165) is 42.6 Å². The predicted octanol–water partition coefficient (Wildman–Crippen LogP) is 3.11. The number of aryl methyl sites for hydroxylation is 2. The normalized spacial score (nSPS) is 14.5. The van der Waals surface area contributed by atoms with Crippen LogP contribution in [0.1, 0.15) is 28.1 Å². The van der Waals surface area contributed by atoms with Crippen LogP contribution in [0.3, 0.4) is 0 Å². The molecular formula is C16H20N4S. The number of rotatable bonds is 3. The number of benzene rings is 1. The molecule has 1 aromatic heterocycles. The Morgan fingerprint density at radius 1 is 1.29 bits per heavy atom. The van der Waals surface area contributed by atoms with Gasteiger partial charge in [-0.3, -0.25) is 4.99 Å². The van der Waals surface area contributed by atoms with Crippen molar-refractivity contribution in [3.05, 3.63) is 45.4 Å². The van der Waals surface area contributed by atoms with Crippen LogP contribution in [0.2, 0.25) is 0 Å². The molecular weight excluding hydrogens is 280 g/mol. The van der Waals surface area contributed by atoms with Gasteiger partial charge >= 0.3 is 0 Å². The van der Waals surface area contributed by atoms with Gasteiger partial charge in [-0.1, -0.05) is 6.07 Å². The minimum absolute atomic E-state index is 0.886. The van der Waals surface area contributed by atoms with Crippen molar-refractivity contribution in [1.29, 1.82) is 0 Å². The molecule has 0 fully saturated rings. The van der Waals surface area contributed by atoms with Crippen molar-refractivity contribution in [2.75, 3.05) is 18.4 Å². The third-order valence-corrected chi connectivity index (χ3v) is 4.44. The second kappa shape index (κ2) is 6.26. The molecule has 1 aliphatic rings. The van der Waals surface area contributed by atoms with E-state index in [4.69, 9.17) is 0 Å². The zero-order chi connectivity index (χ0) is 14.7. The Labute approximate surface area is 129 Å². The van der Waals surface area contributed by atoms with Gasteiger partial charge in [0.15, 0.2) is 5.96 Å². The first-order chi connectivity index (χ1) is 10.2. The summed E-state index contributed by atoms with van der Waals surface area (Å²) in [4.78, 5) is 8.84. The molecule has 2 heterocycles. The molecule has 21 heavy (non-hydrogen) atoms. The van der Waals surface area contributed by atoms with Crippen molar-refractivity contribution in [2.24, 2.45) is 4.99 Å². The van der Waals surface area contributed by atoms with E-state index in [1.807, 2.05) is 11.6 Å². The maximum atomic E-state index is 4.46. The second-order valence-electron chi connectivity index (χ2n) is 5.33. The van der Waals surface area contributed by atoms with Gasteiger partial charge in [0, 0.05) is 36.8 Å². The number of guanidine groups is 1. The third kappa shape index (κ3) is 3.42. The number of aromatic nitrogens is 1. The summed E-state index contributed by atoms with van der Waals surface area (Å²) in [5.74, 6) is 0.886. The SMILES string of the molecule is Cc1cc(NC2=NCCCN2)c(C)cc1Cc1nccs1. The van der Waals surface area contributed by atoms with Gasteiger partial charge in [0.25, 0.3) is 0 Å². The Hall–Kier alpha value is -1.88. The highest BCUT2D eigenvalue weighted by Crippen LogP contribution is 2.23. The van der Waals surface area contributed by atoms with Crippen molar-refractivity contribution in [3.8, 4) is 0 Å². The molecule has 2 aromatic rings. The van der Waals surface area contributed by atoms with Gasteiger partial charge in [-0.25, -0.2) is 4.98 Å². The molecule has 0 atom stereocenters. The van der Waals surface area contributed by atoms with Gasteiger partial charge in [0.2, 0.25) is 0 Å². The highest BCUT2D eigenvalue weighted by Gasteiger charge is 2.09. The first-order valence-corrected chi connectivity index (χ1v) is 8.14. The Kier molecular flexibility index (Phi) is 4.20. The largest absolute Gasteiger partial charge is 0.356 e. The Balaban J connectivity index is 1.80. The first-order valence-electron chi connectivity index (χ1n) is 7.26. The van der Waals surface area contributed by atoms with E-state index in [1.54, 1.807) is 11.3 Å². The average Bonchev–Trinajstić information content (AvgIpc) is 2.98. The van der Waals surface area contributed by atoms with Crippen LogP contribution < -0.4 is 10.6 Å². The minimum atomic E-state index is 0.886. The number of aliphatic imine (C=N–C) groups is 1. The van der Waals surface area contributed by atoms with Gasteiger partial charge < -0.3 is 10.6 Å². The molecule has 5 heteroatoms. The topological polar surface area (TPSA) is 49.3 Å². The van der Waals surface area contributed by atoms with Crippen molar-refractivity contribution in [3.63, 3.8) is 0 Å². The van der Waals surface area contributed by atoms with Gasteiger partial charge in [0.1, 0.15) is 0 Å². The van der Waals surface area contributed by atoms with Gasteiger partial charge in [-0.05, 0) is 43.0 Å². The van der Waals surface area contributed by atoms with Crippen LogP contribution in [0.15, 0.2) is 28.7 Å². The van der Waals surface area contributed by atoms with Gasteiger partial charge in [0.05, 0.1) is 5.01 Å². The van der Waals surface area contributed by atoms with Crippen molar-refractivity contribution < 1.29 is 0 Å². The maximum Gasteiger partial charge on any atom is 0.195 e. The number of hydrogen-bond donors (Lipinski definition) is 2. The van der Waals surface area contributed by atoms with E-state index in [-0.39, 0.29) is 0 Å². The van der Waals surface area contributed by atoms with Crippen molar-refractivity contribution in [2.45, 2.75) is 26.7 Å². The molecule has 2 N–H and O–H groups in total. The predicted molar refractivity (Wildman–Crippen MR) is 89.4 cm³/mol. The van der Waals surface area contributed by atoms with Crippen LogP contribution in [0.4, 0.5) is 5.69 Å². The van der Waals surface area contributed by atoms with E-state index >= 15 is 0 Å². The summed E-state index contributed by atoms with van der Waals surface area (Å²) in [6, 6.07) is 4.46. The molecule has 0 saturated carbocycles. The van der Waals surface area contributed by atoms with E-state index in [2.05, 4.69) is 46.6 Å². The van der Waals surface area contributed by atoms with Crippen LogP contribution in [0.25, 0.3) is 0 Å². The fraction of sp³-hybridized carbons (Fsp3) is 0.375. The number of nitrogens with zero attached hydrogens (tertiary/aromatic N) is 2. The summed E-state index contributed by atoms with van der Waals surface area (Å²) in [7, 11) is 0. The Morgan fingerprint density at radius 2 is 2.19 bits per heavy atom. The zero-order valence-electron chi connectivity index (χ0n) is 12.4. The summed E-state index contributed by atoms with van der Waals surface area (Å²) in [6.07, 6.45) is 3.88. The smallest absolute Gasteiger partial charge is 0.195 e. The molecule has 3 rings (SSSR count). The monoisotopic (exact) mass is 300 g/mol. The molecule has 0 aliphatic carbocycles. The molecule has 0 spiro atoms. The molecule has 0 unspecified atom stereocenters. The fourth-order valence-electron chi connectivity index (χ4n) is 2.45. The third-order valence-electron chi connectivity index (χ3n) is 3.66. The molecule has 0 saturated heterocycles. The summed E-state index contributed by atoms with van der Waals surface area (Å²) < 4.78 is 0. The van der Waals surface area contributed by atoms with Crippen molar-refractivity contribution in [1.82, 2.24) is 10.3 Å². The molecule has 110 valence electrons. The van der Waals surface area contributed by atoms with Crippen LogP contribution in [0, 0.1) is 13.8 Å². The highest BCUT2D eigenvalue weighted by atomic mass is 32.1. The van der Waals surface area contributed by atoms with Gasteiger partial charge in [-0.15, -0.1) is 11.3 Å². The second-order valence-corrected chi connectivity index (χ2v) is 6.31. The lowest BCUT2D eigenvalue weighted by atomic mass is 10.0. The number of thiazole rings is 1. The van der Waals surface area contributed by atoms with Crippen LogP contribution in [-0.2, 0) is 6.42 Å². The summed E-state index contributed by atoms with van der Waals surface area (Å²) in [5.41, 5.74) is 4.99. The van der Waals surface area contributed by atoms with Crippen molar-refractivity contribution >= 4 is 23.0 Å². The fourth-order valence-corrected chi connectivity index (χ4v) is 3.09. The highest BCUT2D eigenvalue weighted by molar-refractivity contribution is 7.09. The minimum Gasteiger partial charge on any atom is -0.356 e. The molecule has 1 aromatic carbocycles. The molecule has 1 aliphatic heterocycles. The number of nitrogens with one attached hydrogen (secondary N) is 2. The summed E-state index contributed by atoms with van der Waals surface area (Å²) in [5, 5.41) is 9.89. The summed E-state index contributed by atoms with van der Waals surface area (Å²) in [6.45, 7) is 6.18.